The molecular formula is C13H16N4O2. The van der Waals surface area contributed by atoms with E-state index in [1.165, 1.54) is 6.07 Å². The summed E-state index contributed by atoms with van der Waals surface area (Å²) in [5.74, 6) is 0.786. The second-order valence-corrected chi connectivity index (χ2v) is 4.07. The summed E-state index contributed by atoms with van der Waals surface area (Å²) in [6, 6.07) is 6.98. The fourth-order valence-electron chi connectivity index (χ4n) is 1.68. The van der Waals surface area contributed by atoms with Crippen molar-refractivity contribution in [1.82, 2.24) is 10.2 Å². The van der Waals surface area contributed by atoms with E-state index in [0.29, 0.717) is 12.3 Å². The predicted octanol–water partition coefficient (Wildman–Crippen LogP) is 1.95. The van der Waals surface area contributed by atoms with Gasteiger partial charge in [-0.1, -0.05) is 0 Å². The molecule has 1 amide bonds. The van der Waals surface area contributed by atoms with Crippen molar-refractivity contribution in [3.8, 4) is 5.75 Å². The highest BCUT2D eigenvalue weighted by atomic mass is 16.5. The number of hydrogen-bond donors (Lipinski definition) is 3. The topological polar surface area (TPSA) is 93.0 Å². The quantitative estimate of drug-likeness (QED) is 0.783. The van der Waals surface area contributed by atoms with Crippen LogP contribution in [0.15, 0.2) is 24.3 Å². The smallest absolute Gasteiger partial charge is 0.273 e. The van der Waals surface area contributed by atoms with Crippen LogP contribution in [0.5, 0.6) is 5.75 Å². The lowest BCUT2D eigenvalue weighted by molar-refractivity contribution is 0.102. The van der Waals surface area contributed by atoms with E-state index in [4.69, 9.17) is 10.5 Å². The van der Waals surface area contributed by atoms with E-state index in [1.807, 2.05) is 26.0 Å². The van der Waals surface area contributed by atoms with Gasteiger partial charge in [-0.25, -0.2) is 0 Å². The molecule has 0 unspecified atom stereocenters. The highest BCUT2D eigenvalue weighted by molar-refractivity contribution is 6.03. The first-order valence-corrected chi connectivity index (χ1v) is 5.96. The molecule has 0 saturated heterocycles. The summed E-state index contributed by atoms with van der Waals surface area (Å²) in [6.45, 7) is 4.44. The molecule has 2 rings (SSSR count). The number of nitrogens with two attached hydrogens (primary N) is 1. The molecule has 0 aliphatic rings. The largest absolute Gasteiger partial charge is 0.494 e. The van der Waals surface area contributed by atoms with Gasteiger partial charge in [0.05, 0.1) is 6.61 Å². The van der Waals surface area contributed by atoms with Crippen LogP contribution in [0.4, 0.5) is 11.5 Å². The molecule has 0 fully saturated rings. The van der Waals surface area contributed by atoms with E-state index in [9.17, 15) is 4.79 Å². The SMILES string of the molecule is CCOc1ccc(NC(=O)c2cc(N)n[nH]2)c(C)c1. The fraction of sp³-hybridized carbons (Fsp3) is 0.231. The summed E-state index contributed by atoms with van der Waals surface area (Å²) in [7, 11) is 0. The lowest BCUT2D eigenvalue weighted by Crippen LogP contribution is -2.13. The van der Waals surface area contributed by atoms with Gasteiger partial charge in [-0.3, -0.25) is 9.89 Å². The Morgan fingerprint density at radius 1 is 1.47 bits per heavy atom. The van der Waals surface area contributed by atoms with Crippen molar-refractivity contribution in [3.05, 3.63) is 35.5 Å². The number of carbonyl (C=O) groups excluding carboxylic acids is 1. The zero-order valence-electron chi connectivity index (χ0n) is 10.9. The number of ether oxygens (including phenoxy) is 1. The van der Waals surface area contributed by atoms with Gasteiger partial charge < -0.3 is 15.8 Å². The van der Waals surface area contributed by atoms with Crippen LogP contribution in [-0.4, -0.2) is 22.7 Å². The van der Waals surface area contributed by atoms with Crippen LogP contribution in [0.25, 0.3) is 0 Å². The average molecular weight is 260 g/mol. The van der Waals surface area contributed by atoms with Crippen molar-refractivity contribution in [2.24, 2.45) is 0 Å². The number of hydrogen-bond acceptors (Lipinski definition) is 4. The minimum atomic E-state index is -0.281. The molecule has 0 atom stereocenters. The molecule has 1 heterocycles. The molecule has 100 valence electrons. The van der Waals surface area contributed by atoms with E-state index >= 15 is 0 Å². The number of aromatic amines is 1. The van der Waals surface area contributed by atoms with Crippen LogP contribution in [0, 0.1) is 6.92 Å². The Kier molecular flexibility index (Phi) is 3.70. The summed E-state index contributed by atoms with van der Waals surface area (Å²) < 4.78 is 5.39. The number of H-pyrrole nitrogens is 1. The Balaban J connectivity index is 2.13. The number of nitrogen functional groups attached to an aromatic ring is 1. The lowest BCUT2D eigenvalue weighted by atomic mass is 10.2. The van der Waals surface area contributed by atoms with Gasteiger partial charge in [0.2, 0.25) is 0 Å². The zero-order chi connectivity index (χ0) is 13.8. The van der Waals surface area contributed by atoms with Crippen molar-refractivity contribution in [3.63, 3.8) is 0 Å². The maximum Gasteiger partial charge on any atom is 0.273 e. The molecule has 0 aliphatic carbocycles. The van der Waals surface area contributed by atoms with Crippen LogP contribution in [-0.2, 0) is 0 Å². The maximum atomic E-state index is 11.9. The summed E-state index contributed by atoms with van der Waals surface area (Å²) in [4.78, 5) is 11.9. The number of nitrogens with zero attached hydrogens (tertiary/aromatic N) is 1. The molecule has 6 nitrogen and oxygen atoms in total. The number of amides is 1. The molecule has 1 aromatic carbocycles. The number of aromatic nitrogens is 2. The number of aryl methyl sites for hydroxylation is 1. The molecule has 1 aromatic heterocycles. The average Bonchev–Trinajstić information content (AvgIpc) is 2.80. The van der Waals surface area contributed by atoms with Gasteiger partial charge in [-0.15, -0.1) is 0 Å². The van der Waals surface area contributed by atoms with Crippen LogP contribution in [0.3, 0.4) is 0 Å². The molecule has 0 bridgehead atoms. The minimum Gasteiger partial charge on any atom is -0.494 e. The van der Waals surface area contributed by atoms with Gasteiger partial charge in [0, 0.05) is 11.8 Å². The number of carbonyl (C=O) groups is 1. The predicted molar refractivity (Wildman–Crippen MR) is 73.3 cm³/mol. The molecule has 4 N–H and O–H groups in total. The molecular weight excluding hydrogens is 244 g/mol. The first kappa shape index (κ1) is 12.9. The molecule has 0 aliphatic heterocycles. The third-order valence-electron chi connectivity index (χ3n) is 2.60. The summed E-state index contributed by atoms with van der Waals surface area (Å²) in [5, 5.41) is 9.06. The number of nitrogens with one attached hydrogen (secondary N) is 2. The van der Waals surface area contributed by atoms with Gasteiger partial charge in [0.15, 0.2) is 0 Å². The van der Waals surface area contributed by atoms with Crippen LogP contribution < -0.4 is 15.8 Å². The third kappa shape index (κ3) is 3.04. The van der Waals surface area contributed by atoms with Crippen molar-refractivity contribution < 1.29 is 9.53 Å². The van der Waals surface area contributed by atoms with E-state index < -0.39 is 0 Å². The minimum absolute atomic E-state index is 0.281. The van der Waals surface area contributed by atoms with E-state index in [0.717, 1.165) is 17.0 Å². The number of rotatable bonds is 4. The summed E-state index contributed by atoms with van der Waals surface area (Å²) >= 11 is 0. The first-order valence-electron chi connectivity index (χ1n) is 5.96. The Hall–Kier alpha value is -2.50. The van der Waals surface area contributed by atoms with Gasteiger partial charge in [0.25, 0.3) is 5.91 Å². The normalized spacial score (nSPS) is 10.2. The Bertz CT molecular complexity index is 592. The third-order valence-corrected chi connectivity index (χ3v) is 2.60. The van der Waals surface area contributed by atoms with Crippen molar-refractivity contribution in [2.75, 3.05) is 17.7 Å². The number of benzene rings is 1. The second-order valence-electron chi connectivity index (χ2n) is 4.07. The molecule has 0 saturated carbocycles. The van der Waals surface area contributed by atoms with Gasteiger partial charge in [-0.2, -0.15) is 5.10 Å². The highest BCUT2D eigenvalue weighted by Gasteiger charge is 2.10. The monoisotopic (exact) mass is 260 g/mol. The van der Waals surface area contributed by atoms with Crippen molar-refractivity contribution >= 4 is 17.4 Å². The Labute approximate surface area is 111 Å². The lowest BCUT2D eigenvalue weighted by Gasteiger charge is -2.09. The van der Waals surface area contributed by atoms with Gasteiger partial charge in [0.1, 0.15) is 17.3 Å². The summed E-state index contributed by atoms with van der Waals surface area (Å²) in [6.07, 6.45) is 0. The van der Waals surface area contributed by atoms with E-state index in [-0.39, 0.29) is 11.7 Å². The van der Waals surface area contributed by atoms with Crippen LogP contribution >= 0.6 is 0 Å². The summed E-state index contributed by atoms with van der Waals surface area (Å²) in [5.41, 5.74) is 7.43. The highest BCUT2D eigenvalue weighted by Crippen LogP contribution is 2.21. The van der Waals surface area contributed by atoms with Crippen LogP contribution in [0.1, 0.15) is 23.0 Å². The Morgan fingerprint density at radius 2 is 2.26 bits per heavy atom. The molecule has 0 radical (unpaired) electrons. The Morgan fingerprint density at radius 3 is 2.84 bits per heavy atom. The van der Waals surface area contributed by atoms with Crippen LogP contribution in [0.2, 0.25) is 0 Å². The standard InChI is InChI=1S/C13H16N4O2/c1-3-19-9-4-5-10(8(2)6-9)15-13(18)11-7-12(14)17-16-11/h4-7H,3H2,1-2H3,(H,15,18)(H3,14,16,17). The first-order chi connectivity index (χ1) is 9.10. The van der Waals surface area contributed by atoms with E-state index in [2.05, 4.69) is 15.5 Å². The molecule has 19 heavy (non-hydrogen) atoms. The van der Waals surface area contributed by atoms with Crippen molar-refractivity contribution in [1.29, 1.82) is 0 Å². The molecule has 2 aromatic rings. The van der Waals surface area contributed by atoms with Gasteiger partial charge in [-0.05, 0) is 37.6 Å². The second kappa shape index (κ2) is 5.43. The van der Waals surface area contributed by atoms with E-state index in [1.54, 1.807) is 6.07 Å². The van der Waals surface area contributed by atoms with Crippen molar-refractivity contribution in [2.45, 2.75) is 13.8 Å². The number of anilines is 2. The molecule has 6 heteroatoms. The maximum absolute atomic E-state index is 11.9. The fourth-order valence-corrected chi connectivity index (χ4v) is 1.68. The van der Waals surface area contributed by atoms with Gasteiger partial charge >= 0.3 is 0 Å². The molecule has 0 spiro atoms. The zero-order valence-corrected chi connectivity index (χ0v) is 10.9.